The lowest BCUT2D eigenvalue weighted by molar-refractivity contribution is -0.143. The number of alkyl halides is 3. The van der Waals surface area contributed by atoms with E-state index in [-0.39, 0.29) is 12.1 Å². The quantitative estimate of drug-likeness (QED) is 0.888. The van der Waals surface area contributed by atoms with Crippen LogP contribution in [0.2, 0.25) is 0 Å². The minimum absolute atomic E-state index is 0.162. The van der Waals surface area contributed by atoms with Gasteiger partial charge in [-0.1, -0.05) is 13.8 Å². The van der Waals surface area contributed by atoms with E-state index in [4.69, 9.17) is 0 Å². The maximum atomic E-state index is 12.9. The number of carbonyl (C=O) groups is 1. The molecule has 6 heteroatoms. The highest BCUT2D eigenvalue weighted by Gasteiger charge is 2.70. The predicted octanol–water partition coefficient (Wildman–Crippen LogP) is 2.85. The lowest BCUT2D eigenvalue weighted by Gasteiger charge is -2.19. The summed E-state index contributed by atoms with van der Waals surface area (Å²) in [6, 6.07) is 2.04. The summed E-state index contributed by atoms with van der Waals surface area (Å²) in [7, 11) is 0. The van der Waals surface area contributed by atoms with Crippen molar-refractivity contribution in [3.05, 3.63) is 29.6 Å². The summed E-state index contributed by atoms with van der Waals surface area (Å²) in [5.41, 5.74) is -3.58. The molecule has 0 aliphatic heterocycles. The number of pyridine rings is 1. The monoisotopic (exact) mass is 259 g/mol. The van der Waals surface area contributed by atoms with Gasteiger partial charge in [0.1, 0.15) is 5.41 Å². The zero-order valence-electron chi connectivity index (χ0n) is 9.88. The molecular formula is C12H12F3NO2. The normalized spacial score (nSPS) is 25.8. The number of aliphatic carboxylic acids is 1. The maximum Gasteiger partial charge on any atom is 0.418 e. The first-order chi connectivity index (χ1) is 8.13. The third-order valence-corrected chi connectivity index (χ3v) is 3.62. The Kier molecular flexibility index (Phi) is 2.47. The topological polar surface area (TPSA) is 50.2 Å². The van der Waals surface area contributed by atoms with E-state index in [0.29, 0.717) is 0 Å². The number of rotatable bonds is 2. The minimum atomic E-state index is -4.59. The van der Waals surface area contributed by atoms with Gasteiger partial charge in [-0.3, -0.25) is 9.78 Å². The van der Waals surface area contributed by atoms with Gasteiger partial charge in [0, 0.05) is 6.20 Å². The van der Waals surface area contributed by atoms with E-state index in [1.54, 1.807) is 13.8 Å². The zero-order valence-corrected chi connectivity index (χ0v) is 9.88. The van der Waals surface area contributed by atoms with E-state index in [9.17, 15) is 23.1 Å². The molecule has 0 bridgehead atoms. The fourth-order valence-corrected chi connectivity index (χ4v) is 2.46. The van der Waals surface area contributed by atoms with Crippen LogP contribution in [0.1, 0.15) is 31.5 Å². The Morgan fingerprint density at radius 2 is 2.00 bits per heavy atom. The van der Waals surface area contributed by atoms with Gasteiger partial charge in [-0.05, 0) is 24.0 Å². The van der Waals surface area contributed by atoms with Crippen molar-refractivity contribution in [1.29, 1.82) is 0 Å². The lowest BCUT2D eigenvalue weighted by atomic mass is 9.89. The number of carboxylic acid groups (broad SMARTS) is 1. The molecule has 1 aliphatic rings. The number of halogens is 3. The van der Waals surface area contributed by atoms with Crippen molar-refractivity contribution in [2.45, 2.75) is 31.9 Å². The Morgan fingerprint density at radius 1 is 1.44 bits per heavy atom. The largest absolute Gasteiger partial charge is 0.481 e. The third kappa shape index (κ3) is 1.59. The Labute approximate surface area is 102 Å². The minimum Gasteiger partial charge on any atom is -0.481 e. The lowest BCUT2D eigenvalue weighted by Crippen LogP contribution is -2.30. The van der Waals surface area contributed by atoms with Gasteiger partial charge in [0.25, 0.3) is 0 Å². The average Bonchev–Trinajstić information content (AvgIpc) is 2.82. The van der Waals surface area contributed by atoms with Crippen LogP contribution in [0.25, 0.3) is 0 Å². The maximum absolute atomic E-state index is 12.9. The molecule has 1 fully saturated rings. The summed E-state index contributed by atoms with van der Waals surface area (Å²) in [6.07, 6.45) is -3.23. The first kappa shape index (κ1) is 12.9. The van der Waals surface area contributed by atoms with Crippen LogP contribution in [0.4, 0.5) is 13.2 Å². The zero-order chi connectivity index (χ0) is 13.8. The molecule has 0 spiro atoms. The van der Waals surface area contributed by atoms with Crippen LogP contribution in [0.3, 0.4) is 0 Å². The fraction of sp³-hybridized carbons (Fsp3) is 0.500. The summed E-state index contributed by atoms with van der Waals surface area (Å²) in [5, 5.41) is 9.28. The molecule has 0 aromatic carbocycles. The highest BCUT2D eigenvalue weighted by molar-refractivity contribution is 5.87. The molecule has 1 aromatic heterocycles. The molecule has 1 unspecified atom stereocenters. The van der Waals surface area contributed by atoms with Gasteiger partial charge in [-0.15, -0.1) is 0 Å². The van der Waals surface area contributed by atoms with Crippen molar-refractivity contribution in [3.63, 3.8) is 0 Å². The van der Waals surface area contributed by atoms with Crippen LogP contribution in [-0.4, -0.2) is 16.1 Å². The van der Waals surface area contributed by atoms with Gasteiger partial charge in [0.2, 0.25) is 0 Å². The second-order valence-corrected chi connectivity index (χ2v) is 5.17. The molecule has 1 aromatic rings. The van der Waals surface area contributed by atoms with Gasteiger partial charge < -0.3 is 5.11 Å². The molecule has 98 valence electrons. The van der Waals surface area contributed by atoms with Crippen LogP contribution >= 0.6 is 0 Å². The highest BCUT2D eigenvalue weighted by atomic mass is 19.4. The Morgan fingerprint density at radius 3 is 2.39 bits per heavy atom. The molecule has 0 saturated heterocycles. The SMILES string of the molecule is CC1(C)CC1(C(=O)O)c1ncccc1C(F)(F)F. The van der Waals surface area contributed by atoms with Crippen molar-refractivity contribution in [1.82, 2.24) is 4.98 Å². The molecule has 1 saturated carbocycles. The molecule has 2 rings (SSSR count). The first-order valence-electron chi connectivity index (χ1n) is 5.39. The summed E-state index contributed by atoms with van der Waals surface area (Å²) in [6.45, 7) is 3.27. The number of nitrogens with zero attached hydrogens (tertiary/aromatic N) is 1. The molecule has 1 N–H and O–H groups in total. The summed E-state index contributed by atoms with van der Waals surface area (Å²) >= 11 is 0. The van der Waals surface area contributed by atoms with Crippen molar-refractivity contribution in [2.24, 2.45) is 5.41 Å². The highest BCUT2D eigenvalue weighted by Crippen LogP contribution is 2.65. The predicted molar refractivity (Wildman–Crippen MR) is 57.0 cm³/mol. The van der Waals surface area contributed by atoms with Crippen molar-refractivity contribution in [2.75, 3.05) is 0 Å². The van der Waals surface area contributed by atoms with Gasteiger partial charge in [-0.25, -0.2) is 0 Å². The van der Waals surface area contributed by atoms with E-state index >= 15 is 0 Å². The van der Waals surface area contributed by atoms with Gasteiger partial charge >= 0.3 is 12.1 Å². The Hall–Kier alpha value is -1.59. The second-order valence-electron chi connectivity index (χ2n) is 5.17. The Balaban J connectivity index is 2.63. The second kappa shape index (κ2) is 3.46. The molecular weight excluding hydrogens is 247 g/mol. The third-order valence-electron chi connectivity index (χ3n) is 3.62. The van der Waals surface area contributed by atoms with Crippen LogP contribution in [-0.2, 0) is 16.4 Å². The number of carboxylic acids is 1. The summed E-state index contributed by atoms with van der Waals surface area (Å²) in [5.74, 6) is -1.25. The van der Waals surface area contributed by atoms with Crippen LogP contribution < -0.4 is 0 Å². The molecule has 3 nitrogen and oxygen atoms in total. The van der Waals surface area contributed by atoms with Crippen LogP contribution in [0, 0.1) is 5.41 Å². The molecule has 0 amide bonds. The van der Waals surface area contributed by atoms with Crippen LogP contribution in [0.15, 0.2) is 18.3 Å². The van der Waals surface area contributed by atoms with E-state index < -0.39 is 28.5 Å². The van der Waals surface area contributed by atoms with E-state index in [1.807, 2.05) is 0 Å². The molecule has 0 radical (unpaired) electrons. The van der Waals surface area contributed by atoms with Gasteiger partial charge in [0.15, 0.2) is 0 Å². The smallest absolute Gasteiger partial charge is 0.418 e. The summed E-state index contributed by atoms with van der Waals surface area (Å²) < 4.78 is 38.7. The van der Waals surface area contributed by atoms with E-state index in [2.05, 4.69) is 4.98 Å². The van der Waals surface area contributed by atoms with E-state index in [0.717, 1.165) is 12.1 Å². The fourth-order valence-electron chi connectivity index (χ4n) is 2.46. The first-order valence-corrected chi connectivity index (χ1v) is 5.39. The summed E-state index contributed by atoms with van der Waals surface area (Å²) in [4.78, 5) is 15.1. The van der Waals surface area contributed by atoms with Crippen LogP contribution in [0.5, 0.6) is 0 Å². The molecule has 1 aliphatic carbocycles. The van der Waals surface area contributed by atoms with E-state index in [1.165, 1.54) is 6.20 Å². The standard InChI is InChI=1S/C12H12F3NO2/c1-10(2)6-11(10,9(17)18)8-7(12(13,14)15)4-3-5-16-8/h3-5H,6H2,1-2H3,(H,17,18). The number of hydrogen-bond acceptors (Lipinski definition) is 2. The Bertz CT molecular complexity index is 510. The molecule has 18 heavy (non-hydrogen) atoms. The van der Waals surface area contributed by atoms with Crippen molar-refractivity contribution < 1.29 is 23.1 Å². The van der Waals surface area contributed by atoms with Gasteiger partial charge in [-0.2, -0.15) is 13.2 Å². The van der Waals surface area contributed by atoms with Crippen molar-refractivity contribution >= 4 is 5.97 Å². The average molecular weight is 259 g/mol. The number of hydrogen-bond donors (Lipinski definition) is 1. The van der Waals surface area contributed by atoms with Gasteiger partial charge in [0.05, 0.1) is 11.3 Å². The van der Waals surface area contributed by atoms with Crippen molar-refractivity contribution in [3.8, 4) is 0 Å². The molecule has 1 heterocycles. The molecule has 1 atom stereocenters. The number of aromatic nitrogens is 1.